The predicted molar refractivity (Wildman–Crippen MR) is 57.3 cm³/mol. The van der Waals surface area contributed by atoms with Crippen molar-refractivity contribution in [2.24, 2.45) is 0 Å². The second kappa shape index (κ2) is 4.97. The van der Waals surface area contributed by atoms with Crippen LogP contribution in [0.1, 0.15) is 11.1 Å². The van der Waals surface area contributed by atoms with Gasteiger partial charge in [0, 0.05) is 5.75 Å². The summed E-state index contributed by atoms with van der Waals surface area (Å²) in [5.74, 6) is -0.956. The molecule has 0 fully saturated rings. The normalized spacial score (nSPS) is 11.8. The molecule has 0 aliphatic heterocycles. The van der Waals surface area contributed by atoms with Crippen LogP contribution in [0.4, 0.5) is 17.6 Å². The number of hydrogen-bond donors (Lipinski definition) is 1. The van der Waals surface area contributed by atoms with Crippen LogP contribution in [-0.2, 0) is 11.9 Å². The quantitative estimate of drug-likeness (QED) is 0.691. The van der Waals surface area contributed by atoms with Crippen LogP contribution in [0.3, 0.4) is 0 Å². The number of aromatic amines is 1. The first-order valence-corrected chi connectivity index (χ1v) is 5.79. The fourth-order valence-electron chi connectivity index (χ4n) is 1.29. The number of benzene rings is 1. The molecule has 1 heterocycles. The summed E-state index contributed by atoms with van der Waals surface area (Å²) in [6.45, 7) is 0. The number of H-pyrrole nitrogens is 1. The summed E-state index contributed by atoms with van der Waals surface area (Å²) >= 11 is 1.23. The maximum Gasteiger partial charge on any atom is 0.419 e. The Morgan fingerprint density at radius 2 is 2.06 bits per heavy atom. The van der Waals surface area contributed by atoms with Crippen molar-refractivity contribution < 1.29 is 17.6 Å². The Balaban J connectivity index is 2.09. The Kier molecular flexibility index (Phi) is 3.55. The van der Waals surface area contributed by atoms with Crippen molar-refractivity contribution in [1.29, 1.82) is 0 Å². The van der Waals surface area contributed by atoms with Gasteiger partial charge in [-0.3, -0.25) is 5.10 Å². The summed E-state index contributed by atoms with van der Waals surface area (Å²) in [6.07, 6.45) is -3.35. The molecule has 8 heteroatoms. The molecule has 0 radical (unpaired) electrons. The van der Waals surface area contributed by atoms with Crippen molar-refractivity contribution in [3.63, 3.8) is 0 Å². The van der Waals surface area contributed by atoms with Crippen LogP contribution < -0.4 is 0 Å². The summed E-state index contributed by atoms with van der Waals surface area (Å²) in [7, 11) is 0. The first-order valence-electron chi connectivity index (χ1n) is 4.80. The SMILES string of the molecule is Fc1cc(CSc2ncn[nH]2)ccc1C(F)(F)F. The number of rotatable bonds is 3. The summed E-state index contributed by atoms with van der Waals surface area (Å²) in [4.78, 5) is 3.83. The molecule has 0 saturated heterocycles. The third-order valence-corrected chi connectivity index (χ3v) is 3.06. The summed E-state index contributed by atoms with van der Waals surface area (Å²) < 4.78 is 50.2. The lowest BCUT2D eigenvalue weighted by atomic mass is 10.1. The smallest absolute Gasteiger partial charge is 0.254 e. The van der Waals surface area contributed by atoms with Crippen LogP contribution >= 0.6 is 11.8 Å². The van der Waals surface area contributed by atoms with E-state index in [4.69, 9.17) is 0 Å². The summed E-state index contributed by atoms with van der Waals surface area (Å²) in [6, 6.07) is 2.87. The van der Waals surface area contributed by atoms with Crippen LogP contribution in [0.15, 0.2) is 29.7 Å². The van der Waals surface area contributed by atoms with Gasteiger partial charge in [0.15, 0.2) is 5.16 Å². The van der Waals surface area contributed by atoms with Crippen molar-refractivity contribution >= 4 is 11.8 Å². The van der Waals surface area contributed by atoms with Crippen molar-refractivity contribution in [1.82, 2.24) is 15.2 Å². The van der Waals surface area contributed by atoms with Crippen LogP contribution in [0.5, 0.6) is 0 Å². The Labute approximate surface area is 104 Å². The van der Waals surface area contributed by atoms with E-state index in [1.807, 2.05) is 0 Å². The van der Waals surface area contributed by atoms with Crippen molar-refractivity contribution in [3.8, 4) is 0 Å². The minimum Gasteiger partial charge on any atom is -0.254 e. The molecule has 0 bridgehead atoms. The lowest BCUT2D eigenvalue weighted by Crippen LogP contribution is -2.08. The minimum atomic E-state index is -4.67. The van der Waals surface area contributed by atoms with E-state index in [1.165, 1.54) is 24.2 Å². The first-order chi connectivity index (χ1) is 8.47. The zero-order chi connectivity index (χ0) is 13.2. The highest BCUT2D eigenvalue weighted by Gasteiger charge is 2.33. The van der Waals surface area contributed by atoms with Crippen molar-refractivity contribution in [2.75, 3.05) is 0 Å². The number of nitrogens with one attached hydrogen (secondary N) is 1. The van der Waals surface area contributed by atoms with Gasteiger partial charge in [-0.15, -0.1) is 0 Å². The second-order valence-electron chi connectivity index (χ2n) is 3.39. The predicted octanol–water partition coefficient (Wildman–Crippen LogP) is 3.25. The highest BCUT2D eigenvalue weighted by atomic mass is 32.2. The van der Waals surface area contributed by atoms with Gasteiger partial charge in [-0.25, -0.2) is 9.37 Å². The average molecular weight is 277 g/mol. The first kappa shape index (κ1) is 12.9. The largest absolute Gasteiger partial charge is 0.419 e. The fraction of sp³-hybridized carbons (Fsp3) is 0.200. The number of alkyl halides is 3. The van der Waals surface area contributed by atoms with Gasteiger partial charge < -0.3 is 0 Å². The molecule has 18 heavy (non-hydrogen) atoms. The molecule has 96 valence electrons. The molecule has 0 aliphatic rings. The van der Waals surface area contributed by atoms with E-state index in [1.54, 1.807) is 0 Å². The highest BCUT2D eigenvalue weighted by molar-refractivity contribution is 7.98. The molecular formula is C10H7F4N3S. The van der Waals surface area contributed by atoms with E-state index in [9.17, 15) is 17.6 Å². The summed E-state index contributed by atoms with van der Waals surface area (Å²) in [5.41, 5.74) is -0.808. The zero-order valence-corrected chi connectivity index (χ0v) is 9.65. The number of halogens is 4. The molecule has 0 atom stereocenters. The van der Waals surface area contributed by atoms with Gasteiger partial charge >= 0.3 is 6.18 Å². The molecule has 0 unspecified atom stereocenters. The Morgan fingerprint density at radius 3 is 2.61 bits per heavy atom. The van der Waals surface area contributed by atoms with Crippen molar-refractivity contribution in [2.45, 2.75) is 17.1 Å². The van der Waals surface area contributed by atoms with E-state index in [0.717, 1.165) is 12.1 Å². The number of hydrogen-bond acceptors (Lipinski definition) is 3. The third-order valence-electron chi connectivity index (χ3n) is 2.11. The molecule has 3 nitrogen and oxygen atoms in total. The van der Waals surface area contributed by atoms with Crippen LogP contribution in [-0.4, -0.2) is 15.2 Å². The average Bonchev–Trinajstić information content (AvgIpc) is 2.77. The van der Waals surface area contributed by atoms with Gasteiger partial charge in [0.05, 0.1) is 5.56 Å². The standard InChI is InChI=1S/C10H7F4N3S/c11-8-3-6(1-2-7(8)10(12,13)14)4-18-9-15-5-16-17-9/h1-3,5H,4H2,(H,15,16,17). The highest BCUT2D eigenvalue weighted by Crippen LogP contribution is 2.32. The minimum absolute atomic E-state index is 0.310. The van der Waals surface area contributed by atoms with Gasteiger partial charge in [-0.2, -0.15) is 18.3 Å². The van der Waals surface area contributed by atoms with E-state index >= 15 is 0 Å². The Bertz CT molecular complexity index is 524. The molecular weight excluding hydrogens is 270 g/mol. The van der Waals surface area contributed by atoms with Gasteiger partial charge in [0.25, 0.3) is 0 Å². The molecule has 1 aromatic heterocycles. The maximum absolute atomic E-state index is 13.2. The monoisotopic (exact) mass is 277 g/mol. The molecule has 2 rings (SSSR count). The lowest BCUT2D eigenvalue weighted by Gasteiger charge is -2.08. The molecule has 1 aromatic carbocycles. The topological polar surface area (TPSA) is 41.6 Å². The Hall–Kier alpha value is -1.57. The molecule has 0 saturated carbocycles. The van der Waals surface area contributed by atoms with E-state index in [0.29, 0.717) is 16.5 Å². The van der Waals surface area contributed by atoms with Crippen LogP contribution in [0, 0.1) is 5.82 Å². The van der Waals surface area contributed by atoms with E-state index < -0.39 is 17.6 Å². The fourth-order valence-corrected chi connectivity index (χ4v) is 2.02. The summed E-state index contributed by atoms with van der Waals surface area (Å²) in [5, 5.41) is 6.73. The number of aromatic nitrogens is 3. The third kappa shape index (κ3) is 3.00. The second-order valence-corrected chi connectivity index (χ2v) is 4.36. The maximum atomic E-state index is 13.2. The van der Waals surface area contributed by atoms with Crippen molar-refractivity contribution in [3.05, 3.63) is 41.5 Å². The van der Waals surface area contributed by atoms with Gasteiger partial charge in [-0.1, -0.05) is 17.8 Å². The molecule has 0 amide bonds. The number of thioether (sulfide) groups is 1. The molecule has 2 aromatic rings. The molecule has 1 N–H and O–H groups in total. The zero-order valence-electron chi connectivity index (χ0n) is 8.83. The Morgan fingerprint density at radius 1 is 1.28 bits per heavy atom. The van der Waals surface area contributed by atoms with Crippen LogP contribution in [0.25, 0.3) is 0 Å². The molecule has 0 aliphatic carbocycles. The molecule has 0 spiro atoms. The van der Waals surface area contributed by atoms with E-state index in [-0.39, 0.29) is 0 Å². The number of nitrogens with zero attached hydrogens (tertiary/aromatic N) is 2. The van der Waals surface area contributed by atoms with E-state index in [2.05, 4.69) is 15.2 Å². The van der Waals surface area contributed by atoms with Gasteiger partial charge in [0.1, 0.15) is 12.1 Å². The van der Waals surface area contributed by atoms with Gasteiger partial charge in [-0.05, 0) is 17.7 Å². The van der Waals surface area contributed by atoms with Crippen LogP contribution in [0.2, 0.25) is 0 Å². The van der Waals surface area contributed by atoms with Gasteiger partial charge in [0.2, 0.25) is 0 Å². The lowest BCUT2D eigenvalue weighted by molar-refractivity contribution is -0.140.